The molecule has 1 aromatic carbocycles. The molecule has 0 radical (unpaired) electrons. The van der Waals surface area contributed by atoms with E-state index in [4.69, 9.17) is 10.8 Å². The number of hydrogen-bond acceptors (Lipinski definition) is 5. The first-order valence-corrected chi connectivity index (χ1v) is 5.59. The maximum absolute atomic E-state index is 13.7. The van der Waals surface area contributed by atoms with E-state index in [9.17, 15) is 23.7 Å². The standard InChI is InChI=1S/C11H13F2N3O4/c1-5(17)8(14)4-15-11(18)7-2-6(12)3-9(10(7)13)16(19)20/h2-3,5,8,17H,4,14H2,1H3,(H,15,18). The lowest BCUT2D eigenvalue weighted by molar-refractivity contribution is -0.387. The molecule has 0 bridgehead atoms. The van der Waals surface area contributed by atoms with Crippen molar-refractivity contribution in [1.29, 1.82) is 0 Å². The maximum Gasteiger partial charge on any atom is 0.308 e. The van der Waals surface area contributed by atoms with Crippen molar-refractivity contribution in [2.45, 2.75) is 19.1 Å². The highest BCUT2D eigenvalue weighted by Gasteiger charge is 2.24. The molecule has 7 nitrogen and oxygen atoms in total. The van der Waals surface area contributed by atoms with E-state index in [-0.39, 0.29) is 6.54 Å². The SMILES string of the molecule is CC(O)C(N)CNC(=O)c1cc(F)cc([N+](=O)[O-])c1F. The number of carbonyl (C=O) groups excluding carboxylic acids is 1. The second kappa shape index (κ2) is 6.35. The van der Waals surface area contributed by atoms with E-state index in [0.29, 0.717) is 12.1 Å². The Kier molecular flexibility index (Phi) is 5.06. The molecule has 0 saturated carbocycles. The Morgan fingerprint density at radius 3 is 2.65 bits per heavy atom. The molecule has 0 spiro atoms. The normalized spacial score (nSPS) is 13.7. The van der Waals surface area contributed by atoms with Crippen LogP contribution >= 0.6 is 0 Å². The zero-order valence-electron chi connectivity index (χ0n) is 10.5. The number of aliphatic hydroxyl groups excluding tert-OH is 1. The van der Waals surface area contributed by atoms with Gasteiger partial charge in [-0.1, -0.05) is 0 Å². The van der Waals surface area contributed by atoms with E-state index in [1.54, 1.807) is 0 Å². The minimum Gasteiger partial charge on any atom is -0.392 e. The van der Waals surface area contributed by atoms with Gasteiger partial charge in [0.25, 0.3) is 5.91 Å². The summed E-state index contributed by atoms with van der Waals surface area (Å²) < 4.78 is 26.8. The van der Waals surface area contributed by atoms with Crippen molar-refractivity contribution in [2.24, 2.45) is 5.73 Å². The van der Waals surface area contributed by atoms with E-state index in [1.165, 1.54) is 6.92 Å². The molecule has 20 heavy (non-hydrogen) atoms. The van der Waals surface area contributed by atoms with Gasteiger partial charge in [0, 0.05) is 12.6 Å². The fourth-order valence-corrected chi connectivity index (χ4v) is 1.35. The molecule has 0 heterocycles. The van der Waals surface area contributed by atoms with Crippen LogP contribution in [0.15, 0.2) is 12.1 Å². The molecule has 0 aliphatic rings. The molecule has 2 unspecified atom stereocenters. The van der Waals surface area contributed by atoms with Crippen molar-refractivity contribution in [2.75, 3.05) is 6.54 Å². The summed E-state index contributed by atoms with van der Waals surface area (Å²) in [6.45, 7) is 1.20. The number of nitro benzene ring substituents is 1. The van der Waals surface area contributed by atoms with Crippen molar-refractivity contribution in [3.63, 3.8) is 0 Å². The molecular weight excluding hydrogens is 276 g/mol. The van der Waals surface area contributed by atoms with Gasteiger partial charge in [0.2, 0.25) is 5.82 Å². The number of nitro groups is 1. The first-order chi connectivity index (χ1) is 9.23. The van der Waals surface area contributed by atoms with Crippen LogP contribution in [0.5, 0.6) is 0 Å². The Balaban J connectivity index is 2.96. The van der Waals surface area contributed by atoms with Gasteiger partial charge >= 0.3 is 5.69 Å². The number of rotatable bonds is 5. The van der Waals surface area contributed by atoms with E-state index in [0.717, 1.165) is 0 Å². The molecule has 110 valence electrons. The number of benzene rings is 1. The van der Waals surface area contributed by atoms with Crippen LogP contribution in [-0.2, 0) is 0 Å². The summed E-state index contributed by atoms with van der Waals surface area (Å²) >= 11 is 0. The third kappa shape index (κ3) is 3.68. The third-order valence-electron chi connectivity index (χ3n) is 2.58. The molecule has 2 atom stereocenters. The van der Waals surface area contributed by atoms with Crippen molar-refractivity contribution in [1.82, 2.24) is 5.32 Å². The number of carbonyl (C=O) groups is 1. The zero-order valence-corrected chi connectivity index (χ0v) is 10.5. The lowest BCUT2D eigenvalue weighted by Gasteiger charge is -2.15. The fourth-order valence-electron chi connectivity index (χ4n) is 1.35. The summed E-state index contributed by atoms with van der Waals surface area (Å²) in [4.78, 5) is 21.0. The van der Waals surface area contributed by atoms with Crippen LogP contribution in [0.3, 0.4) is 0 Å². The number of nitrogens with zero attached hydrogens (tertiary/aromatic N) is 1. The summed E-state index contributed by atoms with van der Waals surface area (Å²) in [6, 6.07) is 0.129. The van der Waals surface area contributed by atoms with Gasteiger partial charge in [-0.3, -0.25) is 14.9 Å². The number of hydrogen-bond donors (Lipinski definition) is 3. The van der Waals surface area contributed by atoms with Gasteiger partial charge in [0.05, 0.1) is 22.7 Å². The maximum atomic E-state index is 13.7. The van der Waals surface area contributed by atoms with E-state index in [1.807, 2.05) is 0 Å². The molecule has 0 aromatic heterocycles. The van der Waals surface area contributed by atoms with Gasteiger partial charge < -0.3 is 16.2 Å². The Morgan fingerprint density at radius 2 is 2.15 bits per heavy atom. The van der Waals surface area contributed by atoms with Crippen LogP contribution < -0.4 is 11.1 Å². The predicted molar refractivity (Wildman–Crippen MR) is 65.0 cm³/mol. The monoisotopic (exact) mass is 289 g/mol. The van der Waals surface area contributed by atoms with Gasteiger partial charge in [-0.2, -0.15) is 4.39 Å². The highest BCUT2D eigenvalue weighted by molar-refractivity contribution is 5.95. The van der Waals surface area contributed by atoms with Crippen LogP contribution in [0.1, 0.15) is 17.3 Å². The molecule has 1 aromatic rings. The minimum absolute atomic E-state index is 0.194. The van der Waals surface area contributed by atoms with E-state index >= 15 is 0 Å². The van der Waals surface area contributed by atoms with Crippen molar-refractivity contribution in [3.8, 4) is 0 Å². The first kappa shape index (κ1) is 15.9. The van der Waals surface area contributed by atoms with E-state index in [2.05, 4.69) is 5.32 Å². The van der Waals surface area contributed by atoms with Crippen LogP contribution in [0.4, 0.5) is 14.5 Å². The average Bonchev–Trinajstić information content (AvgIpc) is 2.37. The molecule has 1 amide bonds. The lowest BCUT2D eigenvalue weighted by Crippen LogP contribution is -2.43. The highest BCUT2D eigenvalue weighted by Crippen LogP contribution is 2.22. The van der Waals surface area contributed by atoms with Gasteiger partial charge in [-0.15, -0.1) is 0 Å². The number of amides is 1. The summed E-state index contributed by atoms with van der Waals surface area (Å²) in [7, 11) is 0. The molecule has 4 N–H and O–H groups in total. The van der Waals surface area contributed by atoms with Gasteiger partial charge in [-0.05, 0) is 13.0 Å². The smallest absolute Gasteiger partial charge is 0.308 e. The topological polar surface area (TPSA) is 118 Å². The first-order valence-electron chi connectivity index (χ1n) is 5.59. The molecular formula is C11H13F2N3O4. The van der Waals surface area contributed by atoms with E-state index < -0.39 is 45.9 Å². The zero-order chi connectivity index (χ0) is 15.4. The summed E-state index contributed by atoms with van der Waals surface area (Å²) in [6.07, 6.45) is -0.915. The largest absolute Gasteiger partial charge is 0.392 e. The quantitative estimate of drug-likeness (QED) is 0.532. The Bertz CT molecular complexity index is 537. The number of halogens is 2. The van der Waals surface area contributed by atoms with Gasteiger partial charge in [0.15, 0.2) is 0 Å². The Morgan fingerprint density at radius 1 is 1.55 bits per heavy atom. The Labute approximate surface area is 112 Å². The second-order valence-corrected chi connectivity index (χ2v) is 4.16. The average molecular weight is 289 g/mol. The highest BCUT2D eigenvalue weighted by atomic mass is 19.1. The molecule has 9 heteroatoms. The third-order valence-corrected chi connectivity index (χ3v) is 2.58. The fraction of sp³-hybridized carbons (Fsp3) is 0.364. The van der Waals surface area contributed by atoms with Crippen LogP contribution in [0, 0.1) is 21.7 Å². The number of nitrogens with two attached hydrogens (primary N) is 1. The number of nitrogens with one attached hydrogen (secondary N) is 1. The molecule has 0 fully saturated rings. The number of aliphatic hydroxyl groups is 1. The van der Waals surface area contributed by atoms with Crippen LogP contribution in [0.2, 0.25) is 0 Å². The van der Waals surface area contributed by atoms with Crippen molar-refractivity contribution in [3.05, 3.63) is 39.4 Å². The predicted octanol–water partition coefficient (Wildman–Crippen LogP) is 0.311. The van der Waals surface area contributed by atoms with Crippen molar-refractivity contribution >= 4 is 11.6 Å². The summed E-state index contributed by atoms with van der Waals surface area (Å²) in [5.41, 5.74) is 3.52. The summed E-state index contributed by atoms with van der Waals surface area (Å²) in [5, 5.41) is 21.8. The molecule has 1 rings (SSSR count). The van der Waals surface area contributed by atoms with Gasteiger partial charge in [0.1, 0.15) is 5.82 Å². The van der Waals surface area contributed by atoms with Crippen LogP contribution in [-0.4, -0.2) is 34.6 Å². The molecule has 0 saturated heterocycles. The lowest BCUT2D eigenvalue weighted by atomic mass is 10.1. The summed E-state index contributed by atoms with van der Waals surface area (Å²) in [5.74, 6) is -3.59. The Hall–Kier alpha value is -2.13. The second-order valence-electron chi connectivity index (χ2n) is 4.16. The van der Waals surface area contributed by atoms with Crippen LogP contribution in [0.25, 0.3) is 0 Å². The molecule has 0 aliphatic heterocycles. The van der Waals surface area contributed by atoms with Crippen molar-refractivity contribution < 1.29 is 23.6 Å². The minimum atomic E-state index is -1.43. The molecule has 0 aliphatic carbocycles. The van der Waals surface area contributed by atoms with Gasteiger partial charge in [-0.25, -0.2) is 4.39 Å².